The number of hydrogen-bond donors (Lipinski definition) is 1. The predicted molar refractivity (Wildman–Crippen MR) is 77.1 cm³/mol. The van der Waals surface area contributed by atoms with Gasteiger partial charge in [-0.2, -0.15) is 0 Å². The zero-order valence-electron chi connectivity index (χ0n) is 11.8. The molecule has 5 nitrogen and oxygen atoms in total. The number of carbonyl (C=O) groups is 2. The fourth-order valence-electron chi connectivity index (χ4n) is 2.64. The van der Waals surface area contributed by atoms with Gasteiger partial charge in [0.05, 0.1) is 11.3 Å². The molecule has 0 aliphatic carbocycles. The summed E-state index contributed by atoms with van der Waals surface area (Å²) in [6.07, 6.45) is -0.827. The number of halogens is 1. The fraction of sp³-hybridized carbons (Fsp3) is 0.188. The van der Waals surface area contributed by atoms with Crippen LogP contribution in [0.2, 0.25) is 0 Å². The summed E-state index contributed by atoms with van der Waals surface area (Å²) in [7, 11) is 0. The van der Waals surface area contributed by atoms with Crippen molar-refractivity contribution in [3.63, 3.8) is 0 Å². The van der Waals surface area contributed by atoms with Gasteiger partial charge in [-0.05, 0) is 49.2 Å². The zero-order valence-corrected chi connectivity index (χ0v) is 11.8. The molecule has 0 bridgehead atoms. The summed E-state index contributed by atoms with van der Waals surface area (Å²) in [5, 5.41) is 9.12. The predicted octanol–water partition coefficient (Wildman–Crippen LogP) is 2.87. The van der Waals surface area contributed by atoms with Gasteiger partial charge in [-0.1, -0.05) is 0 Å². The highest BCUT2D eigenvalue weighted by atomic mass is 19.1. The van der Waals surface area contributed by atoms with Crippen molar-refractivity contribution in [2.75, 3.05) is 6.54 Å². The van der Waals surface area contributed by atoms with E-state index in [0.717, 1.165) is 16.2 Å². The minimum absolute atomic E-state index is 0.132. The second-order valence-electron chi connectivity index (χ2n) is 5.14. The quantitative estimate of drug-likeness (QED) is 0.879. The lowest BCUT2D eigenvalue weighted by atomic mass is 9.94. The van der Waals surface area contributed by atoms with Gasteiger partial charge in [0.25, 0.3) is 5.91 Å². The van der Waals surface area contributed by atoms with E-state index >= 15 is 0 Å². The molecule has 2 heterocycles. The van der Waals surface area contributed by atoms with Crippen LogP contribution in [-0.2, 0) is 6.42 Å². The maximum Gasteiger partial charge on any atom is 0.414 e. The van der Waals surface area contributed by atoms with Crippen molar-refractivity contribution in [2.24, 2.45) is 0 Å². The van der Waals surface area contributed by atoms with Crippen LogP contribution in [0.5, 0.6) is 0 Å². The van der Waals surface area contributed by atoms with Crippen LogP contribution in [0.25, 0.3) is 11.3 Å². The third-order valence-electron chi connectivity index (χ3n) is 3.64. The number of rotatable bonds is 1. The Kier molecular flexibility index (Phi) is 3.36. The molecule has 0 saturated heterocycles. The Morgan fingerprint density at radius 3 is 2.64 bits per heavy atom. The van der Waals surface area contributed by atoms with E-state index in [1.807, 2.05) is 0 Å². The number of benzene rings is 1. The van der Waals surface area contributed by atoms with Crippen LogP contribution < -0.4 is 0 Å². The van der Waals surface area contributed by atoms with Crippen LogP contribution in [0.3, 0.4) is 0 Å². The van der Waals surface area contributed by atoms with Crippen molar-refractivity contribution < 1.29 is 19.1 Å². The molecule has 2 aromatic rings. The first kappa shape index (κ1) is 14.2. The third-order valence-corrected chi connectivity index (χ3v) is 3.64. The molecule has 0 fully saturated rings. The Morgan fingerprint density at radius 2 is 2.00 bits per heavy atom. The molecular weight excluding hydrogens is 287 g/mol. The normalized spacial score (nSPS) is 13.9. The first-order valence-corrected chi connectivity index (χ1v) is 6.78. The van der Waals surface area contributed by atoms with Gasteiger partial charge in [-0.25, -0.2) is 14.1 Å². The monoisotopic (exact) mass is 300 g/mol. The number of fused-ring (bicyclic) bond motifs is 1. The van der Waals surface area contributed by atoms with Gasteiger partial charge in [-0.3, -0.25) is 9.78 Å². The molecule has 2 amide bonds. The first-order chi connectivity index (χ1) is 10.5. The first-order valence-electron chi connectivity index (χ1n) is 6.78. The second kappa shape index (κ2) is 5.22. The van der Waals surface area contributed by atoms with E-state index in [-0.39, 0.29) is 17.9 Å². The van der Waals surface area contributed by atoms with Crippen molar-refractivity contribution in [3.05, 3.63) is 53.0 Å². The molecule has 1 aliphatic heterocycles. The second-order valence-corrected chi connectivity index (χ2v) is 5.14. The summed E-state index contributed by atoms with van der Waals surface area (Å²) in [5.41, 5.74) is 2.77. The summed E-state index contributed by atoms with van der Waals surface area (Å²) in [6, 6.07) is 7.43. The van der Waals surface area contributed by atoms with Crippen LogP contribution in [0.1, 0.15) is 21.6 Å². The Bertz CT molecular complexity index is 772. The largest absolute Gasteiger partial charge is 0.465 e. The molecule has 0 spiro atoms. The van der Waals surface area contributed by atoms with Crippen LogP contribution >= 0.6 is 0 Å². The number of aromatic nitrogens is 1. The van der Waals surface area contributed by atoms with E-state index in [2.05, 4.69) is 4.98 Å². The number of carbonyl (C=O) groups excluding carboxylic acids is 1. The van der Waals surface area contributed by atoms with Crippen molar-refractivity contribution in [3.8, 4) is 11.3 Å². The number of amides is 2. The molecule has 112 valence electrons. The molecule has 0 radical (unpaired) electrons. The molecule has 0 unspecified atom stereocenters. The average Bonchev–Trinajstić information content (AvgIpc) is 2.47. The topological polar surface area (TPSA) is 70.5 Å². The lowest BCUT2D eigenvalue weighted by molar-refractivity contribution is 0.0727. The number of carboxylic acid groups (broad SMARTS) is 1. The summed E-state index contributed by atoms with van der Waals surface area (Å²) in [6.45, 7) is 1.94. The van der Waals surface area contributed by atoms with Gasteiger partial charge in [0.2, 0.25) is 0 Å². The maximum absolute atomic E-state index is 13.1. The molecule has 1 aromatic heterocycles. The Balaban J connectivity index is 2.20. The molecule has 1 N–H and O–H groups in total. The van der Waals surface area contributed by atoms with Crippen molar-refractivity contribution in [1.82, 2.24) is 9.88 Å². The average molecular weight is 300 g/mol. The standard InChI is InChI=1S/C16H13FN2O3/c1-9-8-11-6-7-19(16(21)22)15(20)13(11)14(18-9)10-2-4-12(17)5-3-10/h2-5,8H,6-7H2,1H3,(H,21,22). The minimum Gasteiger partial charge on any atom is -0.465 e. The van der Waals surface area contributed by atoms with Crippen LogP contribution in [0.15, 0.2) is 30.3 Å². The van der Waals surface area contributed by atoms with E-state index < -0.39 is 12.0 Å². The molecule has 1 aliphatic rings. The Hall–Kier alpha value is -2.76. The van der Waals surface area contributed by atoms with E-state index in [0.29, 0.717) is 17.7 Å². The van der Waals surface area contributed by atoms with E-state index in [1.54, 1.807) is 13.0 Å². The SMILES string of the molecule is Cc1cc2c(c(-c3ccc(F)cc3)n1)C(=O)N(C(=O)O)CC2. The van der Waals surface area contributed by atoms with Crippen molar-refractivity contribution in [2.45, 2.75) is 13.3 Å². The van der Waals surface area contributed by atoms with Gasteiger partial charge in [0.15, 0.2) is 0 Å². The smallest absolute Gasteiger partial charge is 0.414 e. The number of hydrogen-bond acceptors (Lipinski definition) is 3. The summed E-state index contributed by atoms with van der Waals surface area (Å²) < 4.78 is 13.1. The van der Waals surface area contributed by atoms with Gasteiger partial charge < -0.3 is 5.11 Å². The molecule has 0 atom stereocenters. The summed E-state index contributed by atoms with van der Waals surface area (Å²) >= 11 is 0. The van der Waals surface area contributed by atoms with Crippen molar-refractivity contribution >= 4 is 12.0 Å². The van der Waals surface area contributed by atoms with Crippen LogP contribution in [0, 0.1) is 12.7 Å². The lowest BCUT2D eigenvalue weighted by Gasteiger charge is -2.26. The number of pyridine rings is 1. The molecule has 6 heteroatoms. The molecule has 22 heavy (non-hydrogen) atoms. The minimum atomic E-state index is -1.28. The number of aryl methyl sites for hydroxylation is 1. The van der Waals surface area contributed by atoms with Gasteiger partial charge >= 0.3 is 6.09 Å². The lowest BCUT2D eigenvalue weighted by Crippen LogP contribution is -2.41. The Morgan fingerprint density at radius 1 is 1.32 bits per heavy atom. The van der Waals surface area contributed by atoms with E-state index in [1.165, 1.54) is 24.3 Å². The highest BCUT2D eigenvalue weighted by Crippen LogP contribution is 2.29. The Labute approximate surface area is 126 Å². The summed E-state index contributed by atoms with van der Waals surface area (Å²) in [4.78, 5) is 28.8. The highest BCUT2D eigenvalue weighted by Gasteiger charge is 2.32. The highest BCUT2D eigenvalue weighted by molar-refractivity contribution is 6.08. The molecular formula is C16H13FN2O3. The van der Waals surface area contributed by atoms with Crippen LogP contribution in [-0.4, -0.2) is 33.5 Å². The van der Waals surface area contributed by atoms with Crippen molar-refractivity contribution in [1.29, 1.82) is 0 Å². The van der Waals surface area contributed by atoms with E-state index in [4.69, 9.17) is 5.11 Å². The fourth-order valence-corrected chi connectivity index (χ4v) is 2.64. The number of imide groups is 1. The van der Waals surface area contributed by atoms with Crippen LogP contribution in [0.4, 0.5) is 9.18 Å². The van der Waals surface area contributed by atoms with Gasteiger partial charge in [0.1, 0.15) is 5.82 Å². The molecule has 0 saturated carbocycles. The van der Waals surface area contributed by atoms with Gasteiger partial charge in [0, 0.05) is 17.8 Å². The molecule has 3 rings (SSSR count). The van der Waals surface area contributed by atoms with Gasteiger partial charge in [-0.15, -0.1) is 0 Å². The third kappa shape index (κ3) is 2.32. The maximum atomic E-state index is 13.1. The number of nitrogens with zero attached hydrogens (tertiary/aromatic N) is 2. The summed E-state index contributed by atoms with van der Waals surface area (Å²) in [5.74, 6) is -0.968. The zero-order chi connectivity index (χ0) is 15.9. The molecule has 1 aromatic carbocycles. The van der Waals surface area contributed by atoms with E-state index in [9.17, 15) is 14.0 Å².